The Balaban J connectivity index is 1.91. The van der Waals surface area contributed by atoms with Gasteiger partial charge in [-0.15, -0.1) is 0 Å². The monoisotopic (exact) mass is 374 g/mol. The Bertz CT molecular complexity index is 646. The van der Waals surface area contributed by atoms with E-state index in [0.29, 0.717) is 17.6 Å². The summed E-state index contributed by atoms with van der Waals surface area (Å²) in [4.78, 5) is 6.55. The van der Waals surface area contributed by atoms with E-state index in [-0.39, 0.29) is 4.90 Å². The van der Waals surface area contributed by atoms with E-state index in [2.05, 4.69) is 31.0 Å². The number of sulfonamides is 1. The summed E-state index contributed by atoms with van der Waals surface area (Å²) in [5.74, 6) is 0.811. The van der Waals surface area contributed by atoms with Gasteiger partial charge in [0.05, 0.1) is 11.4 Å². The van der Waals surface area contributed by atoms with E-state index in [0.717, 1.165) is 24.6 Å². The number of aliphatic imine (C=N–C) groups is 1. The molecule has 8 heteroatoms. The summed E-state index contributed by atoms with van der Waals surface area (Å²) in [6, 6.07) is 5.25. The van der Waals surface area contributed by atoms with Crippen LogP contribution in [0.5, 0.6) is 0 Å². The largest absolute Gasteiger partial charge is 0.355 e. The fourth-order valence-corrected chi connectivity index (χ4v) is 4.06. The Morgan fingerprint density at radius 1 is 1.38 bits per heavy atom. The third-order valence-electron chi connectivity index (χ3n) is 3.13. The number of nitrogens with zero attached hydrogens (tertiary/aromatic N) is 2. The van der Waals surface area contributed by atoms with Gasteiger partial charge in [0.2, 0.25) is 10.0 Å². The zero-order valence-electron chi connectivity index (χ0n) is 12.1. The van der Waals surface area contributed by atoms with Gasteiger partial charge in [0.25, 0.3) is 0 Å². The van der Waals surface area contributed by atoms with Gasteiger partial charge < -0.3 is 10.2 Å². The molecule has 0 atom stereocenters. The van der Waals surface area contributed by atoms with Gasteiger partial charge in [0, 0.05) is 31.2 Å². The number of hydrogen-bond donors (Lipinski definition) is 2. The molecule has 1 aromatic carbocycles. The highest BCUT2D eigenvalue weighted by Gasteiger charge is 2.17. The molecule has 0 spiro atoms. The fourth-order valence-electron chi connectivity index (χ4n) is 1.98. The SMILES string of the molecule is Cc1ccc(Br)c(S(=O)(=O)NCCNC2=NCCN2C)c1. The Morgan fingerprint density at radius 2 is 2.14 bits per heavy atom. The van der Waals surface area contributed by atoms with Gasteiger partial charge >= 0.3 is 0 Å². The third-order valence-corrected chi connectivity index (χ3v) is 5.59. The predicted octanol–water partition coefficient (Wildman–Crippen LogP) is 0.927. The Kier molecular flexibility index (Phi) is 5.23. The number of benzene rings is 1. The lowest BCUT2D eigenvalue weighted by Crippen LogP contribution is -2.40. The van der Waals surface area contributed by atoms with Crippen molar-refractivity contribution in [3.05, 3.63) is 28.2 Å². The van der Waals surface area contributed by atoms with Crippen LogP contribution in [0.25, 0.3) is 0 Å². The van der Waals surface area contributed by atoms with Gasteiger partial charge in [-0.3, -0.25) is 4.99 Å². The molecule has 2 rings (SSSR count). The van der Waals surface area contributed by atoms with Crippen LogP contribution >= 0.6 is 15.9 Å². The molecule has 6 nitrogen and oxygen atoms in total. The minimum absolute atomic E-state index is 0.262. The van der Waals surface area contributed by atoms with Crippen molar-refractivity contribution in [2.24, 2.45) is 4.99 Å². The van der Waals surface area contributed by atoms with Crippen LogP contribution in [0, 0.1) is 6.92 Å². The summed E-state index contributed by atoms with van der Waals surface area (Å²) in [6.45, 7) is 4.33. The van der Waals surface area contributed by atoms with Crippen LogP contribution in [-0.4, -0.2) is 52.5 Å². The average Bonchev–Trinajstić information content (AvgIpc) is 2.83. The molecule has 0 radical (unpaired) electrons. The maximum atomic E-state index is 12.3. The summed E-state index contributed by atoms with van der Waals surface area (Å²) in [5, 5.41) is 3.12. The number of hydrogen-bond acceptors (Lipinski definition) is 5. The molecular formula is C13H19BrN4O2S. The van der Waals surface area contributed by atoms with E-state index in [1.165, 1.54) is 0 Å². The van der Waals surface area contributed by atoms with Crippen molar-refractivity contribution in [1.29, 1.82) is 0 Å². The van der Waals surface area contributed by atoms with E-state index >= 15 is 0 Å². The summed E-state index contributed by atoms with van der Waals surface area (Å²) in [5.41, 5.74) is 0.902. The number of aryl methyl sites for hydroxylation is 1. The lowest BCUT2D eigenvalue weighted by Gasteiger charge is -2.15. The van der Waals surface area contributed by atoms with Crippen molar-refractivity contribution in [2.45, 2.75) is 11.8 Å². The van der Waals surface area contributed by atoms with Crippen LogP contribution in [0.15, 0.2) is 32.6 Å². The molecule has 1 aliphatic heterocycles. The Hall–Kier alpha value is -1.12. The zero-order valence-corrected chi connectivity index (χ0v) is 14.5. The standard InChI is InChI=1S/C13H19BrN4O2S/c1-10-3-4-11(14)12(9-10)21(19,20)17-6-5-15-13-16-7-8-18(13)2/h3-4,9,17H,5-8H2,1-2H3,(H,15,16). The quantitative estimate of drug-likeness (QED) is 0.751. The Labute approximate surface area is 133 Å². The van der Waals surface area contributed by atoms with Crippen LogP contribution in [0.4, 0.5) is 0 Å². The van der Waals surface area contributed by atoms with Crippen LogP contribution in [0.1, 0.15) is 5.56 Å². The topological polar surface area (TPSA) is 73.8 Å². The van der Waals surface area contributed by atoms with Gasteiger partial charge in [-0.1, -0.05) is 6.07 Å². The number of nitrogens with one attached hydrogen (secondary N) is 2. The maximum Gasteiger partial charge on any atom is 0.241 e. The van der Waals surface area contributed by atoms with Crippen LogP contribution in [0.3, 0.4) is 0 Å². The highest BCUT2D eigenvalue weighted by Crippen LogP contribution is 2.22. The van der Waals surface area contributed by atoms with E-state index in [9.17, 15) is 8.42 Å². The first-order valence-corrected chi connectivity index (χ1v) is 8.93. The lowest BCUT2D eigenvalue weighted by atomic mass is 10.2. The molecule has 1 aliphatic rings. The van der Waals surface area contributed by atoms with Crippen LogP contribution < -0.4 is 10.0 Å². The predicted molar refractivity (Wildman–Crippen MR) is 87.0 cm³/mol. The van der Waals surface area contributed by atoms with Crippen LogP contribution in [0.2, 0.25) is 0 Å². The van der Waals surface area contributed by atoms with Crippen molar-refractivity contribution < 1.29 is 8.42 Å². The second kappa shape index (κ2) is 6.76. The highest BCUT2D eigenvalue weighted by molar-refractivity contribution is 9.10. The second-order valence-corrected chi connectivity index (χ2v) is 7.48. The molecule has 0 bridgehead atoms. The van der Waals surface area contributed by atoms with Gasteiger partial charge in [0.15, 0.2) is 5.96 Å². The van der Waals surface area contributed by atoms with E-state index in [1.54, 1.807) is 12.1 Å². The molecule has 0 aliphatic carbocycles. The minimum atomic E-state index is -3.51. The van der Waals surface area contributed by atoms with Crippen LogP contribution in [-0.2, 0) is 10.0 Å². The summed E-state index contributed by atoms with van der Waals surface area (Å²) >= 11 is 3.28. The normalized spacial score (nSPS) is 15.2. The molecule has 1 heterocycles. The molecule has 0 saturated heterocycles. The molecule has 21 heavy (non-hydrogen) atoms. The Morgan fingerprint density at radius 3 is 2.81 bits per heavy atom. The van der Waals surface area contributed by atoms with E-state index < -0.39 is 10.0 Å². The maximum absolute atomic E-state index is 12.3. The van der Waals surface area contributed by atoms with Crippen molar-refractivity contribution in [3.63, 3.8) is 0 Å². The average molecular weight is 375 g/mol. The van der Waals surface area contributed by atoms with E-state index in [4.69, 9.17) is 0 Å². The molecule has 0 saturated carbocycles. The molecule has 0 aromatic heterocycles. The number of halogens is 1. The summed E-state index contributed by atoms with van der Waals surface area (Å²) in [6.07, 6.45) is 0. The van der Waals surface area contributed by atoms with Crippen molar-refractivity contribution in [2.75, 3.05) is 33.2 Å². The second-order valence-electron chi connectivity index (χ2n) is 4.89. The molecule has 0 amide bonds. The summed E-state index contributed by atoms with van der Waals surface area (Å²) in [7, 11) is -1.56. The molecule has 0 unspecified atom stereocenters. The first-order valence-electron chi connectivity index (χ1n) is 6.65. The molecule has 116 valence electrons. The molecule has 1 aromatic rings. The van der Waals surface area contributed by atoms with Gasteiger partial charge in [-0.2, -0.15) is 0 Å². The lowest BCUT2D eigenvalue weighted by molar-refractivity contribution is 0.533. The third kappa shape index (κ3) is 4.18. The number of rotatable bonds is 5. The summed E-state index contributed by atoms with van der Waals surface area (Å²) < 4.78 is 27.7. The first-order chi connectivity index (χ1) is 9.90. The smallest absolute Gasteiger partial charge is 0.241 e. The van der Waals surface area contributed by atoms with Gasteiger partial charge in [-0.25, -0.2) is 13.1 Å². The first kappa shape index (κ1) is 16.3. The van der Waals surface area contributed by atoms with Crippen molar-refractivity contribution in [3.8, 4) is 0 Å². The fraction of sp³-hybridized carbons (Fsp3) is 0.462. The van der Waals surface area contributed by atoms with Gasteiger partial charge in [-0.05, 0) is 40.5 Å². The minimum Gasteiger partial charge on any atom is -0.355 e. The molecule has 0 fully saturated rings. The zero-order chi connectivity index (χ0) is 15.5. The van der Waals surface area contributed by atoms with Crippen molar-refractivity contribution >= 4 is 31.9 Å². The molecular weight excluding hydrogens is 356 g/mol. The van der Waals surface area contributed by atoms with Crippen molar-refractivity contribution in [1.82, 2.24) is 14.9 Å². The highest BCUT2D eigenvalue weighted by atomic mass is 79.9. The van der Waals surface area contributed by atoms with E-state index in [1.807, 2.05) is 24.9 Å². The number of guanidine groups is 1. The molecule has 2 N–H and O–H groups in total. The van der Waals surface area contributed by atoms with Gasteiger partial charge in [0.1, 0.15) is 0 Å². The number of likely N-dealkylation sites (N-methyl/N-ethyl adjacent to an activating group) is 1.